The number of hydrogen-bond donors (Lipinski definition) is 1. The quantitative estimate of drug-likeness (QED) is 0.912. The van der Waals surface area contributed by atoms with Crippen LogP contribution >= 0.6 is 15.9 Å². The summed E-state index contributed by atoms with van der Waals surface area (Å²) in [5.41, 5.74) is 1.48. The van der Waals surface area contributed by atoms with Crippen LogP contribution < -0.4 is 5.32 Å². The van der Waals surface area contributed by atoms with Gasteiger partial charge >= 0.3 is 0 Å². The standard InChI is InChI=1S/C16H22BrNO/c1-11(13-5-6-19-10-13)18-16-8-14(9-16)12-3-2-4-15(17)7-12/h2-4,7,11,13-14,16,18H,5-6,8-10H2,1H3. The van der Waals surface area contributed by atoms with Crippen molar-refractivity contribution in [3.05, 3.63) is 34.3 Å². The second-order valence-corrected chi connectivity index (χ2v) is 6.91. The smallest absolute Gasteiger partial charge is 0.0509 e. The molecule has 2 unspecified atom stereocenters. The Morgan fingerprint density at radius 3 is 2.89 bits per heavy atom. The van der Waals surface area contributed by atoms with Crippen molar-refractivity contribution in [1.82, 2.24) is 5.32 Å². The lowest BCUT2D eigenvalue weighted by atomic mass is 9.75. The van der Waals surface area contributed by atoms with Gasteiger partial charge in [0.2, 0.25) is 0 Å². The monoisotopic (exact) mass is 323 g/mol. The predicted octanol–water partition coefficient (Wildman–Crippen LogP) is 3.71. The Bertz CT molecular complexity index is 425. The van der Waals surface area contributed by atoms with E-state index in [-0.39, 0.29) is 0 Å². The fraction of sp³-hybridized carbons (Fsp3) is 0.625. The molecule has 1 N–H and O–H groups in total. The fourth-order valence-electron chi connectivity index (χ4n) is 3.24. The molecule has 1 saturated heterocycles. The third kappa shape index (κ3) is 3.21. The molecule has 3 rings (SSSR count). The molecule has 0 aromatic heterocycles. The van der Waals surface area contributed by atoms with E-state index in [2.05, 4.69) is 52.4 Å². The highest BCUT2D eigenvalue weighted by molar-refractivity contribution is 9.10. The summed E-state index contributed by atoms with van der Waals surface area (Å²) in [6.07, 6.45) is 3.76. The van der Waals surface area contributed by atoms with E-state index in [9.17, 15) is 0 Å². The van der Waals surface area contributed by atoms with Gasteiger partial charge in [-0.1, -0.05) is 28.1 Å². The van der Waals surface area contributed by atoms with Crippen LogP contribution in [0, 0.1) is 5.92 Å². The number of benzene rings is 1. The summed E-state index contributed by atoms with van der Waals surface area (Å²) >= 11 is 3.55. The Labute approximate surface area is 124 Å². The minimum absolute atomic E-state index is 0.593. The molecule has 0 radical (unpaired) electrons. The van der Waals surface area contributed by atoms with Crippen LogP contribution in [0.2, 0.25) is 0 Å². The summed E-state index contributed by atoms with van der Waals surface area (Å²) in [4.78, 5) is 0. The molecule has 2 atom stereocenters. The summed E-state index contributed by atoms with van der Waals surface area (Å²) in [6, 6.07) is 10.0. The second kappa shape index (κ2) is 5.94. The lowest BCUT2D eigenvalue weighted by Gasteiger charge is -2.39. The van der Waals surface area contributed by atoms with E-state index in [1.54, 1.807) is 0 Å². The summed E-state index contributed by atoms with van der Waals surface area (Å²) in [6.45, 7) is 4.20. The maximum atomic E-state index is 5.47. The molecule has 1 aliphatic carbocycles. The minimum Gasteiger partial charge on any atom is -0.381 e. The number of halogens is 1. The van der Waals surface area contributed by atoms with Gasteiger partial charge < -0.3 is 10.1 Å². The van der Waals surface area contributed by atoms with Gasteiger partial charge in [0.15, 0.2) is 0 Å². The lowest BCUT2D eigenvalue weighted by molar-refractivity contribution is 0.170. The Hall–Kier alpha value is -0.380. The largest absolute Gasteiger partial charge is 0.381 e. The molecule has 3 heteroatoms. The molecule has 0 spiro atoms. The van der Waals surface area contributed by atoms with Crippen molar-refractivity contribution >= 4 is 15.9 Å². The molecule has 104 valence electrons. The van der Waals surface area contributed by atoms with Gasteiger partial charge in [-0.05, 0) is 55.7 Å². The zero-order valence-electron chi connectivity index (χ0n) is 11.4. The number of nitrogens with one attached hydrogen (secondary N) is 1. The second-order valence-electron chi connectivity index (χ2n) is 6.00. The molecule has 0 amide bonds. The van der Waals surface area contributed by atoms with E-state index in [0.29, 0.717) is 18.0 Å². The average Bonchev–Trinajstić information content (AvgIpc) is 2.86. The molecular weight excluding hydrogens is 302 g/mol. The number of rotatable bonds is 4. The molecule has 1 saturated carbocycles. The van der Waals surface area contributed by atoms with Gasteiger partial charge in [-0.3, -0.25) is 0 Å². The van der Waals surface area contributed by atoms with Crippen molar-refractivity contribution in [2.24, 2.45) is 5.92 Å². The van der Waals surface area contributed by atoms with Gasteiger partial charge in [-0.2, -0.15) is 0 Å². The van der Waals surface area contributed by atoms with Gasteiger partial charge in [0, 0.05) is 23.2 Å². The van der Waals surface area contributed by atoms with Crippen molar-refractivity contribution in [3.63, 3.8) is 0 Å². The van der Waals surface area contributed by atoms with Crippen LogP contribution in [0.1, 0.15) is 37.7 Å². The van der Waals surface area contributed by atoms with E-state index in [1.165, 1.54) is 29.3 Å². The van der Waals surface area contributed by atoms with Crippen LogP contribution in [-0.2, 0) is 4.74 Å². The molecule has 2 aliphatic rings. The summed E-state index contributed by atoms with van der Waals surface area (Å²) in [7, 11) is 0. The topological polar surface area (TPSA) is 21.3 Å². The van der Waals surface area contributed by atoms with Gasteiger partial charge in [0.05, 0.1) is 6.61 Å². The van der Waals surface area contributed by atoms with Gasteiger partial charge in [-0.15, -0.1) is 0 Å². The zero-order chi connectivity index (χ0) is 13.2. The highest BCUT2D eigenvalue weighted by Gasteiger charge is 2.33. The molecule has 2 fully saturated rings. The maximum Gasteiger partial charge on any atom is 0.0509 e. The van der Waals surface area contributed by atoms with Crippen LogP contribution in [0.25, 0.3) is 0 Å². The summed E-state index contributed by atoms with van der Waals surface area (Å²) in [5.74, 6) is 1.45. The Balaban J connectivity index is 1.47. The van der Waals surface area contributed by atoms with Crippen LogP contribution in [-0.4, -0.2) is 25.3 Å². The predicted molar refractivity (Wildman–Crippen MR) is 81.4 cm³/mol. The van der Waals surface area contributed by atoms with Crippen molar-refractivity contribution < 1.29 is 4.74 Å². The lowest BCUT2D eigenvalue weighted by Crippen LogP contribution is -2.47. The molecule has 2 nitrogen and oxygen atoms in total. The molecule has 19 heavy (non-hydrogen) atoms. The first-order chi connectivity index (χ1) is 9.22. The van der Waals surface area contributed by atoms with Crippen molar-refractivity contribution in [1.29, 1.82) is 0 Å². The van der Waals surface area contributed by atoms with E-state index in [0.717, 1.165) is 19.1 Å². The van der Waals surface area contributed by atoms with Gasteiger partial charge in [-0.25, -0.2) is 0 Å². The van der Waals surface area contributed by atoms with Crippen molar-refractivity contribution in [3.8, 4) is 0 Å². The molecule has 1 aromatic rings. The summed E-state index contributed by atoms with van der Waals surface area (Å²) < 4.78 is 6.66. The highest BCUT2D eigenvalue weighted by Crippen LogP contribution is 2.38. The Morgan fingerprint density at radius 2 is 2.21 bits per heavy atom. The third-order valence-electron chi connectivity index (χ3n) is 4.63. The van der Waals surface area contributed by atoms with E-state index in [4.69, 9.17) is 4.74 Å². The van der Waals surface area contributed by atoms with Gasteiger partial charge in [0.1, 0.15) is 0 Å². The van der Waals surface area contributed by atoms with Crippen LogP contribution in [0.4, 0.5) is 0 Å². The van der Waals surface area contributed by atoms with Gasteiger partial charge in [0.25, 0.3) is 0 Å². The van der Waals surface area contributed by atoms with E-state index in [1.807, 2.05) is 0 Å². The van der Waals surface area contributed by atoms with Crippen molar-refractivity contribution in [2.45, 2.75) is 44.2 Å². The first kappa shape index (κ1) is 13.6. The molecule has 1 aliphatic heterocycles. The number of ether oxygens (including phenoxy) is 1. The molecule has 1 aromatic carbocycles. The Morgan fingerprint density at radius 1 is 1.37 bits per heavy atom. The minimum atomic E-state index is 0.593. The number of hydrogen-bond acceptors (Lipinski definition) is 2. The van der Waals surface area contributed by atoms with Crippen LogP contribution in [0.3, 0.4) is 0 Å². The molecule has 1 heterocycles. The first-order valence-corrected chi connectivity index (χ1v) is 8.11. The highest BCUT2D eigenvalue weighted by atomic mass is 79.9. The maximum absolute atomic E-state index is 5.47. The van der Waals surface area contributed by atoms with Crippen LogP contribution in [0.5, 0.6) is 0 Å². The first-order valence-electron chi connectivity index (χ1n) is 7.31. The Kier molecular flexibility index (Phi) is 4.25. The zero-order valence-corrected chi connectivity index (χ0v) is 13.0. The van der Waals surface area contributed by atoms with Crippen LogP contribution in [0.15, 0.2) is 28.7 Å². The molecular formula is C16H22BrNO. The van der Waals surface area contributed by atoms with E-state index >= 15 is 0 Å². The third-order valence-corrected chi connectivity index (χ3v) is 5.12. The SMILES string of the molecule is CC(NC1CC(c2cccc(Br)c2)C1)C1CCOC1. The normalized spacial score (nSPS) is 32.0. The van der Waals surface area contributed by atoms with Crippen molar-refractivity contribution in [2.75, 3.05) is 13.2 Å². The van der Waals surface area contributed by atoms with E-state index < -0.39 is 0 Å². The fourth-order valence-corrected chi connectivity index (χ4v) is 3.66. The molecule has 0 bridgehead atoms. The average molecular weight is 324 g/mol. The summed E-state index contributed by atoms with van der Waals surface area (Å²) in [5, 5.41) is 3.78.